The van der Waals surface area contributed by atoms with Gasteiger partial charge in [-0.15, -0.1) is 22.1 Å². The number of phenols is 2. The molecule has 143 heavy (non-hydrogen) atoms. The zero-order valence-corrected chi connectivity index (χ0v) is 87.7. The van der Waals surface area contributed by atoms with Crippen LogP contribution in [0.5, 0.6) is 11.5 Å². The number of phenolic OH excluding ortho intramolecular Hbond substituents is 2. The van der Waals surface area contributed by atoms with Gasteiger partial charge in [0.05, 0.1) is 62.1 Å². The monoisotopic (exact) mass is 1980 g/mol. The second kappa shape index (κ2) is 42.9. The summed E-state index contributed by atoms with van der Waals surface area (Å²) >= 11 is 0. The number of carbonyl (C=O) groups is 2. The number of anilines is 5. The molecule has 4 aliphatic heterocycles. The standard InChI is InChI=1S/C44H34N8.C36H44N4.C21H21N3O2.C14H8O7S.Na.H2O.Zn/c45-29-13-5-1-9-25(29)41-33-17-19-35(49-33)42(26-10-2-6-14-30(26)46)37-21-23-39(51-37)44(28-12-4-8-16-32(28)48)40-24-22-38(52-40)43(36-20-18-34(41)50-36)27-11-3-7-15-31(27)47;1-9-21-22(10-2)30-18-32-25(13-5)26(14-6)34(39-32)20-36-28(16-8)27(15-7)35(40-36)19-33-24(12-4)23(11-3)31(38-33)17-29(21)37-30;1-4-24(5-2)15-11-10-14-12-16(21(25)26-19(14)13-15)20-22-17-8-6-7-9-18(17)23(20)3;15-11-6-3-1-2-4-7(6)12(16)10-8(11)5-9(22(19,20)21)13(17)14(10)18;;;/h1-24,49,52H,45-48H2;17-20H,9-16H2,1-8H3;6-13H,4-5H2,1-3H3;1-5,17-18H,(H,19,20,21);;1H2;/q;-2;;;+1;;+2/p-1. The molecule has 28 heteroatoms. The maximum atomic E-state index is 12.6. The molecule has 8 aromatic heterocycles. The second-order valence-corrected chi connectivity index (χ2v) is 35.9. The molecule has 0 spiro atoms. The molecule has 21 rings (SSSR count). The molecule has 12 heterocycles. The molecule has 1 aliphatic carbocycles. The van der Waals surface area contributed by atoms with Crippen LogP contribution in [0.25, 0.3) is 169 Å². The number of nitrogen functional groups attached to an aromatic ring is 4. The van der Waals surface area contributed by atoms with Gasteiger partial charge < -0.3 is 77.0 Å². The number of H-pyrrole nitrogens is 2. The summed E-state index contributed by atoms with van der Waals surface area (Å²) in [6.07, 6.45) is 15.7. The van der Waals surface area contributed by atoms with E-state index in [4.69, 9.17) is 57.3 Å². The number of fused-ring (bicyclic) bond motifs is 20. The zero-order chi connectivity index (χ0) is 98.4. The summed E-state index contributed by atoms with van der Waals surface area (Å²) in [5.74, 6) is -3.18. The van der Waals surface area contributed by atoms with Crippen molar-refractivity contribution in [1.82, 2.24) is 49.4 Å². The average molecular weight is 1980 g/mol. The topological polar surface area (TPSA) is 430 Å². The number of nitrogens with two attached hydrogens (primary N) is 4. The zero-order valence-electron chi connectivity index (χ0n) is 81.9. The molecule has 16 aromatic rings. The SMILES string of the molecule is CCC1=C(CC)c2cc3[n-]c(cc4nc(cc5[n-]c(cc1n2)c(CC)c5CC)C(CC)=C4CC)c(CC)c3CC.CCN(CC)c1ccc2cc(-c3nc4ccccc4n3C)c(=O)oc2c1.Nc1ccccc1-c1c2nc(c(-c3ccccc3N)c3ccc([nH]3)c(-c3ccccc3N)c3nc(c(-c4ccccc4N)c4ccc1[nH]4)C=C3)C=C2.O.O=C1c2ccccc2C(=O)c2c1cc(S(=O)(=O)[O-])c(O)c2O.[Na+].[Zn+2]. The number of aromatic nitrogens is 10. The van der Waals surface area contributed by atoms with Crippen LogP contribution in [0.15, 0.2) is 239 Å². The molecule has 0 radical (unpaired) electrons. The molecule has 0 unspecified atom stereocenters. The number of ketones is 2. The minimum absolute atomic E-state index is 0. The number of nitrogens with zero attached hydrogens (tertiary/aromatic N) is 9. The van der Waals surface area contributed by atoms with Crippen LogP contribution in [0.4, 0.5) is 28.4 Å². The smallest absolute Gasteiger partial charge is 0.744 e. The van der Waals surface area contributed by atoms with E-state index in [1.54, 1.807) is 0 Å². The third-order valence-electron chi connectivity index (χ3n) is 26.8. The number of allylic oxidation sites excluding steroid dienone is 4. The van der Waals surface area contributed by atoms with Gasteiger partial charge in [0.15, 0.2) is 23.1 Å². The van der Waals surface area contributed by atoms with E-state index >= 15 is 0 Å². The van der Waals surface area contributed by atoms with Crippen molar-refractivity contribution in [3.05, 3.63) is 325 Å². The number of imidazole rings is 1. The van der Waals surface area contributed by atoms with Crippen molar-refractivity contribution < 1.29 is 91.7 Å². The Kier molecular flexibility index (Phi) is 30.7. The number of aromatic hydroxyl groups is 2. The summed E-state index contributed by atoms with van der Waals surface area (Å²) in [5.41, 5.74) is 64.4. The van der Waals surface area contributed by atoms with Gasteiger partial charge >= 0.3 is 54.7 Å². The van der Waals surface area contributed by atoms with Crippen LogP contribution in [0, 0.1) is 0 Å². The van der Waals surface area contributed by atoms with E-state index in [2.05, 4.69) is 144 Å². The first-order valence-corrected chi connectivity index (χ1v) is 48.8. The van der Waals surface area contributed by atoms with E-state index < -0.39 is 49.2 Å². The Balaban J connectivity index is 0.000000150. The van der Waals surface area contributed by atoms with E-state index in [1.807, 2.05) is 175 Å². The van der Waals surface area contributed by atoms with Crippen molar-refractivity contribution in [2.75, 3.05) is 40.9 Å². The molecule has 0 saturated heterocycles. The Bertz CT molecular complexity index is 7890. The largest absolute Gasteiger partial charge is 2.00 e. The first-order chi connectivity index (χ1) is 67.7. The maximum Gasteiger partial charge on any atom is 2.00 e. The van der Waals surface area contributed by atoms with Crippen LogP contribution in [0.1, 0.15) is 195 Å². The molecular formula is C115H108N15NaO10SZn. The number of para-hydroxylation sites is 6. The van der Waals surface area contributed by atoms with Crippen LogP contribution in [-0.4, -0.2) is 92.8 Å². The van der Waals surface area contributed by atoms with Gasteiger partial charge in [-0.2, -0.15) is 0 Å². The van der Waals surface area contributed by atoms with Crippen LogP contribution in [0.3, 0.4) is 0 Å². The number of hydrogen-bond donors (Lipinski definition) is 8. The number of rotatable bonds is 17. The van der Waals surface area contributed by atoms with Gasteiger partial charge in [0.25, 0.3) is 0 Å². The van der Waals surface area contributed by atoms with Crippen LogP contribution < -0.4 is 73.0 Å². The summed E-state index contributed by atoms with van der Waals surface area (Å²) in [7, 11) is -3.22. The first kappa shape index (κ1) is 102. The quantitative estimate of drug-likeness (QED) is 0.0138. The molecule has 0 saturated carbocycles. The molecule has 712 valence electrons. The normalized spacial score (nSPS) is 12.3. The molecule has 16 bridgehead atoms. The Morgan fingerprint density at radius 3 is 1.09 bits per heavy atom. The molecule has 8 aromatic carbocycles. The number of carbonyl (C=O) groups excluding carboxylic acids is 2. The van der Waals surface area contributed by atoms with E-state index in [0.717, 1.165) is 221 Å². The van der Waals surface area contributed by atoms with Gasteiger partial charge in [0.1, 0.15) is 32.0 Å². The van der Waals surface area contributed by atoms with Crippen molar-refractivity contribution in [2.45, 2.75) is 125 Å². The average Bonchev–Trinajstić information content (AvgIpc) is 1.47. The molecule has 0 fully saturated rings. The van der Waals surface area contributed by atoms with Crippen molar-refractivity contribution in [2.24, 2.45) is 7.05 Å². The fourth-order valence-corrected chi connectivity index (χ4v) is 20.6. The van der Waals surface area contributed by atoms with E-state index in [0.29, 0.717) is 45.8 Å². The van der Waals surface area contributed by atoms with Crippen LogP contribution in [-0.2, 0) is 62.3 Å². The fraction of sp³-hybridized carbons (Fsp3) is 0.183. The summed E-state index contributed by atoms with van der Waals surface area (Å²) in [4.78, 5) is 82.1. The number of benzene rings is 8. The number of nitrogens with one attached hydrogen (secondary N) is 2. The predicted molar refractivity (Wildman–Crippen MR) is 570 cm³/mol. The third kappa shape index (κ3) is 19.2. The van der Waals surface area contributed by atoms with Crippen molar-refractivity contribution in [3.8, 4) is 67.4 Å². The Labute approximate surface area is 863 Å². The van der Waals surface area contributed by atoms with E-state index in [1.165, 1.54) is 68.8 Å². The Hall–Kier alpha value is -14.9. The summed E-state index contributed by atoms with van der Waals surface area (Å²) in [6.45, 7) is 24.0. The molecule has 14 N–H and O–H groups in total. The Morgan fingerprint density at radius 2 is 0.748 bits per heavy atom. The van der Waals surface area contributed by atoms with E-state index in [-0.39, 0.29) is 71.3 Å². The maximum absolute atomic E-state index is 12.6. The number of aromatic amines is 2. The molecule has 5 aliphatic rings. The minimum Gasteiger partial charge on any atom is -0.744 e. The minimum atomic E-state index is -5.13. The second-order valence-electron chi connectivity index (χ2n) is 34.6. The van der Waals surface area contributed by atoms with Crippen LogP contribution >= 0.6 is 0 Å². The van der Waals surface area contributed by atoms with Gasteiger partial charge in [-0.3, -0.25) is 9.59 Å². The first-order valence-electron chi connectivity index (χ1n) is 47.4. The van der Waals surface area contributed by atoms with Crippen LogP contribution in [0.2, 0.25) is 0 Å². The number of aryl methyl sites for hydroxylation is 5. The van der Waals surface area contributed by atoms with Gasteiger partial charge in [-0.25, -0.2) is 38.1 Å². The molecule has 25 nitrogen and oxygen atoms in total. The Morgan fingerprint density at radius 1 is 0.399 bits per heavy atom. The summed E-state index contributed by atoms with van der Waals surface area (Å²) in [5, 5.41) is 20.4. The summed E-state index contributed by atoms with van der Waals surface area (Å²) in [6, 6.07) is 70.7. The number of hydrogen-bond acceptors (Lipinski definition) is 19. The van der Waals surface area contributed by atoms with Gasteiger partial charge in [0, 0.05) is 143 Å². The summed E-state index contributed by atoms with van der Waals surface area (Å²) < 4.78 is 40.9. The molecular weight excluding hydrogens is 1870 g/mol. The van der Waals surface area contributed by atoms with Gasteiger partial charge in [-0.1, -0.05) is 211 Å². The molecule has 0 atom stereocenters. The van der Waals surface area contributed by atoms with Gasteiger partial charge in [0.2, 0.25) is 0 Å². The van der Waals surface area contributed by atoms with Crippen molar-refractivity contribution in [3.63, 3.8) is 0 Å². The van der Waals surface area contributed by atoms with Crippen molar-refractivity contribution in [1.29, 1.82) is 0 Å². The third-order valence-corrected chi connectivity index (χ3v) is 27.6. The van der Waals surface area contributed by atoms with Gasteiger partial charge in [-0.05, 0) is 197 Å². The van der Waals surface area contributed by atoms with Crippen molar-refractivity contribution >= 4 is 163 Å². The molecule has 0 amide bonds. The van der Waals surface area contributed by atoms with E-state index in [9.17, 15) is 37.6 Å². The fourth-order valence-electron chi connectivity index (χ4n) is 20.0. The predicted octanol–water partition coefficient (Wildman–Crippen LogP) is 20.1.